The highest BCUT2D eigenvalue weighted by Crippen LogP contribution is 2.55. The summed E-state index contributed by atoms with van der Waals surface area (Å²) in [6, 6.07) is 0. The molecule has 0 aromatic heterocycles. The monoisotopic (exact) mass is 348 g/mol. The summed E-state index contributed by atoms with van der Waals surface area (Å²) in [4.78, 5) is 0. The van der Waals surface area contributed by atoms with E-state index in [2.05, 4.69) is 0 Å². The molecule has 0 radical (unpaired) electrons. The van der Waals surface area contributed by atoms with Crippen molar-refractivity contribution in [1.82, 2.24) is 0 Å². The fraction of sp³-hybridized carbons (Fsp3) is 1.00. The minimum Gasteiger partial charge on any atom is -0.365 e. The van der Waals surface area contributed by atoms with Gasteiger partial charge in [-0.15, -0.1) is 0 Å². The molecule has 0 aromatic rings. The van der Waals surface area contributed by atoms with Crippen LogP contribution in [0.4, 0.5) is 8.78 Å². The smallest absolute Gasteiger partial charge is 0.365 e. The first kappa shape index (κ1) is 15.5. The van der Waals surface area contributed by atoms with E-state index in [1.165, 1.54) is 0 Å². The van der Waals surface area contributed by atoms with Crippen molar-refractivity contribution in [2.45, 2.75) is 48.6 Å². The molecule has 6 unspecified atom stereocenters. The van der Waals surface area contributed by atoms with Crippen LogP contribution in [0.1, 0.15) is 19.8 Å². The van der Waals surface area contributed by atoms with E-state index in [-0.39, 0.29) is 18.3 Å². The third-order valence-electron chi connectivity index (χ3n) is 4.59. The fourth-order valence-electron chi connectivity index (χ4n) is 3.59. The van der Waals surface area contributed by atoms with Crippen LogP contribution in [0, 0.1) is 11.8 Å². The maximum atomic E-state index is 13.5. The van der Waals surface area contributed by atoms with E-state index in [9.17, 15) is 25.6 Å². The van der Waals surface area contributed by atoms with Crippen molar-refractivity contribution in [2.24, 2.45) is 11.8 Å². The number of alkyl halides is 2. The standard InChI is InChI=1S/C10H14F2O7S2/c1-4(10(11,12)21(15,16)17)18-8-5-2-6-7(3-5)20(13,14)19-9(6)8/h4-9H,2-3H2,1H3,(H,15,16,17). The highest BCUT2D eigenvalue weighted by Gasteiger charge is 2.65. The van der Waals surface area contributed by atoms with Gasteiger partial charge in [0.1, 0.15) is 12.2 Å². The molecule has 6 atom stereocenters. The summed E-state index contributed by atoms with van der Waals surface area (Å²) in [5.74, 6) is -0.557. The molecule has 11 heteroatoms. The van der Waals surface area contributed by atoms with Crippen LogP contribution in [0.5, 0.6) is 0 Å². The van der Waals surface area contributed by atoms with E-state index in [1.54, 1.807) is 0 Å². The number of fused-ring (bicyclic) bond motifs is 1. The quantitative estimate of drug-likeness (QED) is 0.578. The van der Waals surface area contributed by atoms with Gasteiger partial charge in [0.2, 0.25) is 0 Å². The van der Waals surface area contributed by atoms with Crippen molar-refractivity contribution < 1.29 is 39.1 Å². The zero-order valence-corrected chi connectivity index (χ0v) is 12.5. The predicted molar refractivity (Wildman–Crippen MR) is 64.6 cm³/mol. The van der Waals surface area contributed by atoms with Crippen LogP contribution in [0.15, 0.2) is 0 Å². The molecule has 1 N–H and O–H groups in total. The summed E-state index contributed by atoms with van der Waals surface area (Å²) in [7, 11) is -9.31. The van der Waals surface area contributed by atoms with Crippen molar-refractivity contribution >= 4 is 20.2 Å². The summed E-state index contributed by atoms with van der Waals surface area (Å²) in [5.41, 5.74) is 0. The Labute approximate surface area is 120 Å². The summed E-state index contributed by atoms with van der Waals surface area (Å²) in [6.45, 7) is 0.820. The van der Waals surface area contributed by atoms with Gasteiger partial charge in [-0.25, -0.2) is 0 Å². The Hall–Kier alpha value is -0.360. The Balaban J connectivity index is 1.79. The number of hydrogen-bond donors (Lipinski definition) is 1. The highest BCUT2D eigenvalue weighted by molar-refractivity contribution is 7.87. The topological polar surface area (TPSA) is 107 Å². The van der Waals surface area contributed by atoms with Crippen LogP contribution in [-0.2, 0) is 29.2 Å². The van der Waals surface area contributed by atoms with Crippen LogP contribution in [0.2, 0.25) is 0 Å². The first-order valence-electron chi connectivity index (χ1n) is 6.37. The number of halogens is 2. The van der Waals surface area contributed by atoms with Crippen molar-refractivity contribution in [3.63, 3.8) is 0 Å². The van der Waals surface area contributed by atoms with Gasteiger partial charge in [0.05, 0.1) is 11.4 Å². The second kappa shape index (κ2) is 4.34. The average molecular weight is 348 g/mol. The fourth-order valence-corrected chi connectivity index (χ4v) is 5.95. The lowest BCUT2D eigenvalue weighted by Crippen LogP contribution is -2.46. The number of rotatable bonds is 4. The molecule has 1 heterocycles. The van der Waals surface area contributed by atoms with E-state index in [0.717, 1.165) is 6.92 Å². The Kier molecular flexibility index (Phi) is 3.21. The van der Waals surface area contributed by atoms with E-state index in [0.29, 0.717) is 6.42 Å². The van der Waals surface area contributed by atoms with Gasteiger partial charge in [0.15, 0.2) is 0 Å². The van der Waals surface area contributed by atoms with Gasteiger partial charge in [-0.3, -0.25) is 8.74 Å². The van der Waals surface area contributed by atoms with Crippen molar-refractivity contribution in [3.8, 4) is 0 Å². The first-order chi connectivity index (χ1) is 9.45. The van der Waals surface area contributed by atoms with Gasteiger partial charge in [-0.2, -0.15) is 25.6 Å². The molecule has 2 aliphatic carbocycles. The highest BCUT2D eigenvalue weighted by atomic mass is 32.2. The summed E-state index contributed by atoms with van der Waals surface area (Å²) >= 11 is 0. The van der Waals surface area contributed by atoms with E-state index >= 15 is 0 Å². The molecule has 7 nitrogen and oxygen atoms in total. The lowest BCUT2D eigenvalue weighted by atomic mass is 9.94. The molecule has 3 rings (SSSR count). The second-order valence-corrected chi connectivity index (χ2v) is 9.05. The molecule has 2 saturated carbocycles. The molecule has 122 valence electrons. The molecular weight excluding hydrogens is 334 g/mol. The van der Waals surface area contributed by atoms with Gasteiger partial charge in [0, 0.05) is 5.92 Å². The van der Waals surface area contributed by atoms with Crippen LogP contribution < -0.4 is 0 Å². The van der Waals surface area contributed by atoms with Crippen LogP contribution >= 0.6 is 0 Å². The van der Waals surface area contributed by atoms with E-state index in [1.807, 2.05) is 0 Å². The Bertz CT molecular complexity index is 659. The molecule has 3 fully saturated rings. The van der Waals surface area contributed by atoms with Gasteiger partial charge in [-0.1, -0.05) is 0 Å². The third-order valence-corrected chi connectivity index (χ3v) is 7.39. The van der Waals surface area contributed by atoms with Crippen LogP contribution in [0.3, 0.4) is 0 Å². The van der Waals surface area contributed by atoms with E-state index < -0.39 is 49.1 Å². The maximum Gasteiger partial charge on any atom is 0.394 e. The lowest BCUT2D eigenvalue weighted by molar-refractivity contribution is -0.140. The molecule has 3 aliphatic rings. The summed E-state index contributed by atoms with van der Waals surface area (Å²) in [6.07, 6.45) is -3.12. The molecule has 1 saturated heterocycles. The minimum atomic E-state index is -5.61. The summed E-state index contributed by atoms with van der Waals surface area (Å²) in [5, 5.41) is -5.09. The van der Waals surface area contributed by atoms with Crippen LogP contribution in [0.25, 0.3) is 0 Å². The van der Waals surface area contributed by atoms with Gasteiger partial charge in [0.25, 0.3) is 10.1 Å². The molecule has 0 aromatic carbocycles. The summed E-state index contributed by atoms with van der Waals surface area (Å²) < 4.78 is 90.3. The van der Waals surface area contributed by atoms with Gasteiger partial charge >= 0.3 is 15.4 Å². The lowest BCUT2D eigenvalue weighted by Gasteiger charge is -2.30. The van der Waals surface area contributed by atoms with Crippen molar-refractivity contribution in [3.05, 3.63) is 0 Å². The van der Waals surface area contributed by atoms with E-state index in [4.69, 9.17) is 13.5 Å². The SMILES string of the molecule is CC(OC1C2CC3C1OS(=O)(=O)C3C2)C(F)(F)S(=O)(=O)O. The third kappa shape index (κ3) is 2.12. The molecule has 2 bridgehead atoms. The largest absolute Gasteiger partial charge is 0.394 e. The van der Waals surface area contributed by atoms with Gasteiger partial charge in [-0.05, 0) is 25.7 Å². The molecule has 1 aliphatic heterocycles. The Morgan fingerprint density at radius 3 is 2.57 bits per heavy atom. The van der Waals surface area contributed by atoms with Crippen molar-refractivity contribution in [2.75, 3.05) is 0 Å². The minimum absolute atomic E-state index is 0.262. The zero-order valence-electron chi connectivity index (χ0n) is 10.8. The molecular formula is C10H14F2O7S2. The average Bonchev–Trinajstić information content (AvgIpc) is 2.91. The first-order valence-corrected chi connectivity index (χ1v) is 9.28. The zero-order chi connectivity index (χ0) is 15.8. The van der Waals surface area contributed by atoms with Crippen LogP contribution in [-0.4, -0.2) is 50.2 Å². The second-order valence-electron chi connectivity index (χ2n) is 5.77. The van der Waals surface area contributed by atoms with Gasteiger partial charge < -0.3 is 4.74 Å². The Morgan fingerprint density at radius 1 is 1.38 bits per heavy atom. The predicted octanol–water partition coefficient (Wildman–Crippen LogP) is 0.378. The number of hydrogen-bond acceptors (Lipinski definition) is 6. The van der Waals surface area contributed by atoms with Crippen molar-refractivity contribution in [1.29, 1.82) is 0 Å². The normalized spacial score (nSPS) is 42.4. The molecule has 0 spiro atoms. The molecule has 21 heavy (non-hydrogen) atoms. The molecule has 0 amide bonds. The number of ether oxygens (including phenoxy) is 1. The maximum absolute atomic E-state index is 13.5. The Morgan fingerprint density at radius 2 is 2.00 bits per heavy atom.